The summed E-state index contributed by atoms with van der Waals surface area (Å²) in [6, 6.07) is 8.48. The van der Waals surface area contributed by atoms with Crippen LogP contribution < -0.4 is 16.0 Å². The zero-order valence-corrected chi connectivity index (χ0v) is 21.4. The number of aliphatic imine (C=N–C) groups is 1. The normalized spacial score (nSPS) is 12.2. The van der Waals surface area contributed by atoms with Crippen molar-refractivity contribution >= 4 is 36.0 Å². The van der Waals surface area contributed by atoms with Crippen molar-refractivity contribution in [2.24, 2.45) is 4.99 Å². The largest absolute Gasteiger partial charge is 0.444 e. The number of carbonyl (C=O) groups excluding carboxylic acids is 1. The van der Waals surface area contributed by atoms with Gasteiger partial charge in [-0.1, -0.05) is 24.3 Å². The number of guanidine groups is 1. The fourth-order valence-electron chi connectivity index (χ4n) is 2.54. The number of carbonyl (C=O) groups is 1. The summed E-state index contributed by atoms with van der Waals surface area (Å²) < 4.78 is 5.32. The third-order valence-electron chi connectivity index (χ3n) is 3.71. The summed E-state index contributed by atoms with van der Waals surface area (Å²) in [5, 5.41) is 9.45. The summed E-state index contributed by atoms with van der Waals surface area (Å²) >= 11 is 0. The molecule has 0 aliphatic heterocycles. The molecule has 0 bridgehead atoms. The van der Waals surface area contributed by atoms with Gasteiger partial charge in [0.15, 0.2) is 5.96 Å². The van der Waals surface area contributed by atoms with Crippen LogP contribution in [0.4, 0.5) is 4.79 Å². The molecule has 7 nitrogen and oxygen atoms in total. The standard InChI is InChI=1S/C21H37N5O2.HI/c1-20(2,3)28-19(27)25-21(4,5)15-24-18(22-6)23-13-16-10-9-11-17(12-16)14-26(7)8;/h9-12H,13-15H2,1-8H3,(H,25,27)(H2,22,23,24);1H. The van der Waals surface area contributed by atoms with Gasteiger partial charge in [0, 0.05) is 26.7 Å². The van der Waals surface area contributed by atoms with Crippen LogP contribution in [0.3, 0.4) is 0 Å². The van der Waals surface area contributed by atoms with Gasteiger partial charge in [0.05, 0.1) is 5.54 Å². The highest BCUT2D eigenvalue weighted by atomic mass is 127. The number of benzene rings is 1. The highest BCUT2D eigenvalue weighted by Gasteiger charge is 2.24. The Morgan fingerprint density at radius 3 is 2.28 bits per heavy atom. The third-order valence-corrected chi connectivity index (χ3v) is 3.71. The average molecular weight is 519 g/mol. The highest BCUT2D eigenvalue weighted by molar-refractivity contribution is 14.0. The monoisotopic (exact) mass is 519 g/mol. The first-order valence-corrected chi connectivity index (χ1v) is 9.58. The van der Waals surface area contributed by atoms with Crippen molar-refractivity contribution in [2.75, 3.05) is 27.7 Å². The highest BCUT2D eigenvalue weighted by Crippen LogP contribution is 2.09. The Hall–Kier alpha value is -1.55. The van der Waals surface area contributed by atoms with E-state index in [0.717, 1.165) is 6.54 Å². The Balaban J connectivity index is 0.00000784. The van der Waals surface area contributed by atoms with Gasteiger partial charge in [-0.2, -0.15) is 0 Å². The topological polar surface area (TPSA) is 78.0 Å². The molecule has 1 amide bonds. The van der Waals surface area contributed by atoms with Crippen molar-refractivity contribution in [1.29, 1.82) is 0 Å². The lowest BCUT2D eigenvalue weighted by atomic mass is 10.1. The molecule has 0 unspecified atom stereocenters. The smallest absolute Gasteiger partial charge is 0.408 e. The number of rotatable bonds is 7. The molecule has 0 heterocycles. The second-order valence-corrected chi connectivity index (χ2v) is 8.85. The van der Waals surface area contributed by atoms with Gasteiger partial charge in [0.2, 0.25) is 0 Å². The van der Waals surface area contributed by atoms with E-state index < -0.39 is 17.2 Å². The van der Waals surface area contributed by atoms with Gasteiger partial charge in [-0.3, -0.25) is 4.99 Å². The molecule has 166 valence electrons. The van der Waals surface area contributed by atoms with Gasteiger partial charge in [-0.15, -0.1) is 24.0 Å². The second kappa shape index (κ2) is 12.2. The number of nitrogens with one attached hydrogen (secondary N) is 3. The Morgan fingerprint density at radius 2 is 1.72 bits per heavy atom. The summed E-state index contributed by atoms with van der Waals surface area (Å²) in [4.78, 5) is 18.4. The number of alkyl carbamates (subject to hydrolysis) is 1. The predicted molar refractivity (Wildman–Crippen MR) is 131 cm³/mol. The molecule has 3 N–H and O–H groups in total. The van der Waals surface area contributed by atoms with E-state index in [1.165, 1.54) is 11.1 Å². The Kier molecular flexibility index (Phi) is 11.6. The van der Waals surface area contributed by atoms with Gasteiger partial charge in [-0.25, -0.2) is 4.79 Å². The van der Waals surface area contributed by atoms with Crippen molar-refractivity contribution in [2.45, 2.75) is 58.8 Å². The molecule has 1 aromatic rings. The van der Waals surface area contributed by atoms with Crippen LogP contribution in [0.15, 0.2) is 29.3 Å². The Morgan fingerprint density at radius 1 is 1.10 bits per heavy atom. The maximum Gasteiger partial charge on any atom is 0.408 e. The molecular formula is C21H38IN5O2. The number of hydrogen-bond donors (Lipinski definition) is 3. The molecule has 1 aromatic carbocycles. The van der Waals surface area contributed by atoms with Gasteiger partial charge < -0.3 is 25.6 Å². The van der Waals surface area contributed by atoms with Crippen molar-refractivity contribution in [3.05, 3.63) is 35.4 Å². The van der Waals surface area contributed by atoms with E-state index in [9.17, 15) is 4.79 Å². The lowest BCUT2D eigenvalue weighted by Crippen LogP contribution is -2.54. The summed E-state index contributed by atoms with van der Waals surface area (Å²) in [6.45, 7) is 11.5. The molecule has 29 heavy (non-hydrogen) atoms. The first-order valence-electron chi connectivity index (χ1n) is 9.58. The first-order chi connectivity index (χ1) is 12.9. The maximum atomic E-state index is 12.0. The molecule has 0 atom stereocenters. The minimum absolute atomic E-state index is 0. The third kappa shape index (κ3) is 12.6. The van der Waals surface area contributed by atoms with Crippen LogP contribution in [0.1, 0.15) is 45.7 Å². The number of nitrogens with zero attached hydrogens (tertiary/aromatic N) is 2. The zero-order valence-electron chi connectivity index (χ0n) is 19.0. The quantitative estimate of drug-likeness (QED) is 0.293. The van der Waals surface area contributed by atoms with Crippen LogP contribution in [0.2, 0.25) is 0 Å². The van der Waals surface area contributed by atoms with Crippen LogP contribution in [0.25, 0.3) is 0 Å². The van der Waals surface area contributed by atoms with E-state index in [2.05, 4.69) is 64.2 Å². The van der Waals surface area contributed by atoms with Crippen molar-refractivity contribution in [3.63, 3.8) is 0 Å². The van der Waals surface area contributed by atoms with Crippen LogP contribution in [0, 0.1) is 0 Å². The molecule has 8 heteroatoms. The van der Waals surface area contributed by atoms with Gasteiger partial charge in [-0.05, 0) is 59.8 Å². The van der Waals surface area contributed by atoms with Crippen molar-refractivity contribution in [1.82, 2.24) is 20.9 Å². The Bertz CT molecular complexity index is 669. The maximum absolute atomic E-state index is 12.0. The average Bonchev–Trinajstić information content (AvgIpc) is 2.52. The molecule has 0 fully saturated rings. The van der Waals surface area contributed by atoms with Crippen LogP contribution in [-0.4, -0.2) is 55.8 Å². The number of ether oxygens (including phenoxy) is 1. The molecule has 0 spiro atoms. The molecule has 0 radical (unpaired) electrons. The predicted octanol–water partition coefficient (Wildman–Crippen LogP) is 3.33. The van der Waals surface area contributed by atoms with Gasteiger partial charge in [0.25, 0.3) is 0 Å². The van der Waals surface area contributed by atoms with Crippen molar-refractivity contribution in [3.8, 4) is 0 Å². The summed E-state index contributed by atoms with van der Waals surface area (Å²) in [6.07, 6.45) is -0.431. The number of amides is 1. The summed E-state index contributed by atoms with van der Waals surface area (Å²) in [5.41, 5.74) is 1.45. The summed E-state index contributed by atoms with van der Waals surface area (Å²) in [5.74, 6) is 0.678. The molecule has 0 aliphatic carbocycles. The lowest BCUT2D eigenvalue weighted by Gasteiger charge is -2.29. The lowest BCUT2D eigenvalue weighted by molar-refractivity contribution is 0.0474. The first kappa shape index (κ1) is 27.5. The summed E-state index contributed by atoms with van der Waals surface area (Å²) in [7, 11) is 5.85. The number of hydrogen-bond acceptors (Lipinski definition) is 4. The van der Waals surface area contributed by atoms with Crippen molar-refractivity contribution < 1.29 is 9.53 Å². The van der Waals surface area contributed by atoms with E-state index >= 15 is 0 Å². The van der Waals surface area contributed by atoms with Gasteiger partial charge in [0.1, 0.15) is 5.60 Å². The van der Waals surface area contributed by atoms with Crippen LogP contribution in [-0.2, 0) is 17.8 Å². The number of halogens is 1. The molecule has 0 aliphatic rings. The Labute approximate surface area is 193 Å². The fourth-order valence-corrected chi connectivity index (χ4v) is 2.54. The second-order valence-electron chi connectivity index (χ2n) is 8.85. The zero-order chi connectivity index (χ0) is 21.4. The SMILES string of the molecule is CN=C(NCc1cccc(CN(C)C)c1)NCC(C)(C)NC(=O)OC(C)(C)C.I. The van der Waals surface area contributed by atoms with Crippen LogP contribution >= 0.6 is 24.0 Å². The van der Waals surface area contributed by atoms with Gasteiger partial charge >= 0.3 is 6.09 Å². The van der Waals surface area contributed by atoms with E-state index in [1.54, 1.807) is 7.05 Å². The molecular weight excluding hydrogens is 481 g/mol. The van der Waals surface area contributed by atoms with E-state index in [1.807, 2.05) is 34.6 Å². The molecule has 1 rings (SSSR count). The minimum Gasteiger partial charge on any atom is -0.444 e. The van der Waals surface area contributed by atoms with E-state index in [0.29, 0.717) is 19.0 Å². The minimum atomic E-state index is -0.522. The molecule has 0 saturated heterocycles. The van der Waals surface area contributed by atoms with Crippen LogP contribution in [0.5, 0.6) is 0 Å². The molecule has 0 aromatic heterocycles. The van der Waals surface area contributed by atoms with E-state index in [-0.39, 0.29) is 24.0 Å². The fraction of sp³-hybridized carbons (Fsp3) is 0.619. The molecule has 0 saturated carbocycles. The van der Waals surface area contributed by atoms with E-state index in [4.69, 9.17) is 4.74 Å².